The number of aryl methyl sites for hydroxylation is 1. The zero-order valence-corrected chi connectivity index (χ0v) is 17.6. The lowest BCUT2D eigenvalue weighted by Crippen LogP contribution is -2.39. The van der Waals surface area contributed by atoms with Gasteiger partial charge in [0, 0.05) is 48.9 Å². The molecule has 2 heterocycles. The van der Waals surface area contributed by atoms with Crippen LogP contribution in [0.15, 0.2) is 42.6 Å². The first-order chi connectivity index (χ1) is 14.5. The van der Waals surface area contributed by atoms with Gasteiger partial charge in [-0.25, -0.2) is 4.79 Å². The number of H-pyrrole nitrogens is 1. The second-order valence-corrected chi connectivity index (χ2v) is 7.94. The van der Waals surface area contributed by atoms with Crippen LogP contribution in [-0.2, 0) is 11.3 Å². The molecule has 0 saturated carbocycles. The minimum atomic E-state index is -0.906. The summed E-state index contributed by atoms with van der Waals surface area (Å²) in [5.74, 6) is -0.00972. The summed E-state index contributed by atoms with van der Waals surface area (Å²) in [6.07, 6.45) is 4.00. The SMILES string of the molecule is COc1cc(C)c2[nH]ccc2c1CN1CC[C@@H](OC)C[C@@H]1c1ccc(C(=O)O)cc1. The summed E-state index contributed by atoms with van der Waals surface area (Å²) in [4.78, 5) is 17.0. The molecule has 2 aromatic carbocycles. The third-order valence-electron chi connectivity index (χ3n) is 6.23. The van der Waals surface area contributed by atoms with Crippen LogP contribution >= 0.6 is 0 Å². The number of carboxylic acids is 1. The van der Waals surface area contributed by atoms with E-state index in [4.69, 9.17) is 9.47 Å². The van der Waals surface area contributed by atoms with Crippen LogP contribution in [0.1, 0.15) is 45.9 Å². The monoisotopic (exact) mass is 408 g/mol. The normalized spacial score (nSPS) is 19.8. The van der Waals surface area contributed by atoms with E-state index in [1.54, 1.807) is 26.4 Å². The van der Waals surface area contributed by atoms with Crippen LogP contribution < -0.4 is 4.74 Å². The number of nitrogens with zero attached hydrogens (tertiary/aromatic N) is 1. The molecule has 6 heteroatoms. The van der Waals surface area contributed by atoms with Gasteiger partial charge in [-0.3, -0.25) is 4.90 Å². The van der Waals surface area contributed by atoms with Crippen LogP contribution in [0.5, 0.6) is 5.75 Å². The molecule has 1 aromatic heterocycles. The standard InChI is InChI=1S/C24H28N2O4/c1-15-12-22(30-3)20(19-8-10-25-23(15)19)14-26-11-9-18(29-2)13-21(26)16-4-6-17(7-5-16)24(27)28/h4-8,10,12,18,21,25H,9,11,13-14H2,1-3H3,(H,27,28)/t18-,21-/m1/s1. The zero-order valence-electron chi connectivity index (χ0n) is 17.6. The van der Waals surface area contributed by atoms with E-state index in [-0.39, 0.29) is 12.1 Å². The van der Waals surface area contributed by atoms with Crippen LogP contribution in [0.4, 0.5) is 0 Å². The minimum Gasteiger partial charge on any atom is -0.496 e. The van der Waals surface area contributed by atoms with Crippen molar-refractivity contribution in [2.24, 2.45) is 0 Å². The molecule has 3 aromatic rings. The van der Waals surface area contributed by atoms with Gasteiger partial charge in [-0.1, -0.05) is 12.1 Å². The molecule has 0 radical (unpaired) electrons. The molecule has 158 valence electrons. The van der Waals surface area contributed by atoms with Crippen molar-refractivity contribution in [2.45, 2.75) is 38.5 Å². The fourth-order valence-corrected chi connectivity index (χ4v) is 4.56. The fourth-order valence-electron chi connectivity index (χ4n) is 4.56. The lowest BCUT2D eigenvalue weighted by atomic mass is 9.91. The van der Waals surface area contributed by atoms with Crippen LogP contribution in [0.25, 0.3) is 10.9 Å². The summed E-state index contributed by atoms with van der Waals surface area (Å²) in [6.45, 7) is 3.73. The van der Waals surface area contributed by atoms with Gasteiger partial charge in [0.05, 0.1) is 18.8 Å². The van der Waals surface area contributed by atoms with E-state index < -0.39 is 5.97 Å². The molecule has 0 spiro atoms. The number of hydrogen-bond donors (Lipinski definition) is 2. The van der Waals surface area contributed by atoms with Crippen LogP contribution in [0.2, 0.25) is 0 Å². The van der Waals surface area contributed by atoms with Gasteiger partial charge in [-0.15, -0.1) is 0 Å². The topological polar surface area (TPSA) is 74.8 Å². The van der Waals surface area contributed by atoms with Crippen molar-refractivity contribution in [3.8, 4) is 5.75 Å². The van der Waals surface area contributed by atoms with Crippen molar-refractivity contribution in [1.82, 2.24) is 9.88 Å². The van der Waals surface area contributed by atoms with Gasteiger partial charge < -0.3 is 19.6 Å². The molecule has 4 rings (SSSR count). The van der Waals surface area contributed by atoms with Crippen LogP contribution in [0.3, 0.4) is 0 Å². The maximum absolute atomic E-state index is 11.2. The summed E-state index contributed by atoms with van der Waals surface area (Å²) >= 11 is 0. The molecule has 0 bridgehead atoms. The molecule has 0 unspecified atom stereocenters. The number of nitrogens with one attached hydrogen (secondary N) is 1. The highest BCUT2D eigenvalue weighted by Crippen LogP contribution is 2.37. The number of benzene rings is 2. The Morgan fingerprint density at radius 3 is 2.67 bits per heavy atom. The summed E-state index contributed by atoms with van der Waals surface area (Å²) < 4.78 is 11.4. The highest BCUT2D eigenvalue weighted by molar-refractivity contribution is 5.88. The second-order valence-electron chi connectivity index (χ2n) is 7.94. The van der Waals surface area contributed by atoms with E-state index in [1.165, 1.54) is 10.9 Å². The third kappa shape index (κ3) is 3.80. The molecule has 1 aliphatic heterocycles. The van der Waals surface area contributed by atoms with E-state index >= 15 is 0 Å². The maximum Gasteiger partial charge on any atom is 0.335 e. The Morgan fingerprint density at radius 2 is 2.00 bits per heavy atom. The molecule has 6 nitrogen and oxygen atoms in total. The fraction of sp³-hybridized carbons (Fsp3) is 0.375. The van der Waals surface area contributed by atoms with Gasteiger partial charge >= 0.3 is 5.97 Å². The molecular formula is C24H28N2O4. The van der Waals surface area contributed by atoms with Gasteiger partial charge in [-0.2, -0.15) is 0 Å². The van der Waals surface area contributed by atoms with E-state index in [1.807, 2.05) is 18.3 Å². The predicted octanol–water partition coefficient (Wildman–Crippen LogP) is 4.54. The number of carboxylic acid groups (broad SMARTS) is 1. The van der Waals surface area contributed by atoms with Gasteiger partial charge in [0.1, 0.15) is 5.75 Å². The van der Waals surface area contributed by atoms with E-state index in [2.05, 4.69) is 28.9 Å². The summed E-state index contributed by atoms with van der Waals surface area (Å²) in [5.41, 5.74) is 4.88. The van der Waals surface area contributed by atoms with Crippen molar-refractivity contribution >= 4 is 16.9 Å². The van der Waals surface area contributed by atoms with E-state index in [0.717, 1.165) is 48.3 Å². The number of methoxy groups -OCH3 is 2. The lowest BCUT2D eigenvalue weighted by molar-refractivity contribution is 0.00675. The first-order valence-electron chi connectivity index (χ1n) is 10.3. The molecule has 1 fully saturated rings. The van der Waals surface area contributed by atoms with E-state index in [9.17, 15) is 9.90 Å². The predicted molar refractivity (Wildman–Crippen MR) is 116 cm³/mol. The lowest BCUT2D eigenvalue weighted by Gasteiger charge is -2.39. The van der Waals surface area contributed by atoms with Crippen LogP contribution in [0, 0.1) is 6.92 Å². The number of aromatic carboxylic acids is 1. The van der Waals surface area contributed by atoms with Crippen LogP contribution in [-0.4, -0.2) is 47.8 Å². The third-order valence-corrected chi connectivity index (χ3v) is 6.23. The molecule has 0 amide bonds. The molecular weight excluding hydrogens is 380 g/mol. The van der Waals surface area contributed by atoms with Crippen molar-refractivity contribution < 1.29 is 19.4 Å². The number of piperidine rings is 1. The Balaban J connectivity index is 1.70. The Morgan fingerprint density at radius 1 is 1.23 bits per heavy atom. The van der Waals surface area contributed by atoms with Gasteiger partial charge in [0.15, 0.2) is 0 Å². The van der Waals surface area contributed by atoms with Crippen molar-refractivity contribution in [3.63, 3.8) is 0 Å². The second kappa shape index (κ2) is 8.50. The van der Waals surface area contributed by atoms with Gasteiger partial charge in [0.2, 0.25) is 0 Å². The Bertz CT molecular complexity index is 1040. The number of likely N-dealkylation sites (tertiary alicyclic amines) is 1. The van der Waals surface area contributed by atoms with Gasteiger partial charge in [-0.05, 0) is 55.2 Å². The van der Waals surface area contributed by atoms with Crippen molar-refractivity contribution in [2.75, 3.05) is 20.8 Å². The molecule has 30 heavy (non-hydrogen) atoms. The smallest absolute Gasteiger partial charge is 0.335 e. The number of carbonyl (C=O) groups is 1. The average Bonchev–Trinajstić information content (AvgIpc) is 3.26. The average molecular weight is 408 g/mol. The van der Waals surface area contributed by atoms with Gasteiger partial charge in [0.25, 0.3) is 0 Å². The molecule has 2 atom stereocenters. The number of rotatable bonds is 6. The summed E-state index contributed by atoms with van der Waals surface area (Å²) in [5, 5.41) is 10.4. The largest absolute Gasteiger partial charge is 0.496 e. The Labute approximate surface area is 176 Å². The number of ether oxygens (including phenoxy) is 2. The minimum absolute atomic E-state index is 0.145. The highest BCUT2D eigenvalue weighted by Gasteiger charge is 2.31. The van der Waals surface area contributed by atoms with Crippen molar-refractivity contribution in [1.29, 1.82) is 0 Å². The summed E-state index contributed by atoms with van der Waals surface area (Å²) in [6, 6.07) is 11.6. The number of aromatic amines is 1. The van der Waals surface area contributed by atoms with E-state index in [0.29, 0.717) is 5.56 Å². The summed E-state index contributed by atoms with van der Waals surface area (Å²) in [7, 11) is 3.48. The number of aromatic nitrogens is 1. The molecule has 2 N–H and O–H groups in total. The first kappa shape index (κ1) is 20.4. The Hall–Kier alpha value is -2.83. The quantitative estimate of drug-likeness (QED) is 0.627. The maximum atomic E-state index is 11.2. The number of hydrogen-bond acceptors (Lipinski definition) is 4. The van der Waals surface area contributed by atoms with Crippen molar-refractivity contribution in [3.05, 3.63) is 64.8 Å². The highest BCUT2D eigenvalue weighted by atomic mass is 16.5. The Kier molecular flexibility index (Phi) is 5.79. The molecule has 0 aliphatic carbocycles. The first-order valence-corrected chi connectivity index (χ1v) is 10.3. The zero-order chi connectivity index (χ0) is 21.3. The molecule has 1 aliphatic rings. The molecule has 1 saturated heterocycles. The number of fused-ring (bicyclic) bond motifs is 1.